The molecule has 0 bridgehead atoms. The quantitative estimate of drug-likeness (QED) is 0.338. The van der Waals surface area contributed by atoms with Crippen molar-refractivity contribution in [3.63, 3.8) is 0 Å². The van der Waals surface area contributed by atoms with Gasteiger partial charge in [0, 0.05) is 24.4 Å². The maximum Gasteiger partial charge on any atom is 0.348 e. The molecule has 0 radical (unpaired) electrons. The lowest BCUT2D eigenvalue weighted by Gasteiger charge is -2.29. The van der Waals surface area contributed by atoms with Gasteiger partial charge < -0.3 is 24.3 Å². The van der Waals surface area contributed by atoms with Crippen LogP contribution in [0.1, 0.15) is 58.4 Å². The Balaban J connectivity index is 1.75. The molecule has 1 N–H and O–H groups in total. The molecule has 8 nitrogen and oxygen atoms in total. The first kappa shape index (κ1) is 24.1. The lowest BCUT2D eigenvalue weighted by atomic mass is 9.95. The summed E-state index contributed by atoms with van der Waals surface area (Å²) in [5.41, 5.74) is 0.268. The highest BCUT2D eigenvalue weighted by Crippen LogP contribution is 2.36. The minimum atomic E-state index is -1.31. The number of cyclic esters (lactones) is 2. The van der Waals surface area contributed by atoms with E-state index in [4.69, 9.17) is 18.9 Å². The number of ether oxygens (including phenoxy) is 4. The number of esters is 2. The molecule has 1 aliphatic heterocycles. The predicted molar refractivity (Wildman–Crippen MR) is 120 cm³/mol. The topological polar surface area (TPSA) is 100 Å². The van der Waals surface area contributed by atoms with Crippen molar-refractivity contribution in [2.75, 3.05) is 13.2 Å². The van der Waals surface area contributed by atoms with Crippen LogP contribution in [0.3, 0.4) is 0 Å². The van der Waals surface area contributed by atoms with E-state index in [9.17, 15) is 14.4 Å². The van der Waals surface area contributed by atoms with Crippen LogP contribution in [0.25, 0.3) is 6.08 Å². The maximum absolute atomic E-state index is 12.3. The first-order valence-corrected chi connectivity index (χ1v) is 11.5. The molecule has 9 heteroatoms. The van der Waals surface area contributed by atoms with Crippen LogP contribution in [0.4, 0.5) is 0 Å². The molecule has 32 heavy (non-hydrogen) atoms. The molecule has 1 aliphatic carbocycles. The van der Waals surface area contributed by atoms with Gasteiger partial charge in [0.05, 0.1) is 6.61 Å². The summed E-state index contributed by atoms with van der Waals surface area (Å²) < 4.78 is 22.2. The van der Waals surface area contributed by atoms with Crippen molar-refractivity contribution >= 4 is 39.9 Å². The third kappa shape index (κ3) is 6.25. The number of halogens is 1. The van der Waals surface area contributed by atoms with Crippen molar-refractivity contribution in [2.24, 2.45) is 0 Å². The van der Waals surface area contributed by atoms with Gasteiger partial charge in [-0.3, -0.25) is 4.79 Å². The lowest BCUT2D eigenvalue weighted by Crippen LogP contribution is -2.41. The molecule has 2 aliphatic rings. The highest BCUT2D eigenvalue weighted by atomic mass is 79.9. The number of rotatable bonds is 7. The number of nitrogens with one attached hydrogen (secondary N) is 1. The Hall–Kier alpha value is -2.55. The maximum atomic E-state index is 12.3. The van der Waals surface area contributed by atoms with E-state index in [0.717, 1.165) is 25.7 Å². The minimum Gasteiger partial charge on any atom is -0.490 e. The molecule has 3 rings (SSSR count). The molecule has 0 spiro atoms. The molecular weight excluding hydrogens is 482 g/mol. The van der Waals surface area contributed by atoms with E-state index in [1.165, 1.54) is 26.3 Å². The number of hydrogen-bond acceptors (Lipinski definition) is 7. The molecule has 0 aromatic heterocycles. The van der Waals surface area contributed by atoms with Crippen LogP contribution in [0.15, 0.2) is 22.2 Å². The van der Waals surface area contributed by atoms with Crippen LogP contribution in [0.2, 0.25) is 0 Å². The Bertz CT molecular complexity index is 897. The molecular formula is C23H28BrNO7. The lowest BCUT2D eigenvalue weighted by molar-refractivity contribution is -0.222. The van der Waals surface area contributed by atoms with E-state index in [2.05, 4.69) is 21.2 Å². The average Bonchev–Trinajstić information content (AvgIpc) is 2.71. The zero-order valence-corrected chi connectivity index (χ0v) is 20.1. The van der Waals surface area contributed by atoms with Gasteiger partial charge in [0.15, 0.2) is 18.1 Å². The normalized spacial score (nSPS) is 18.4. The number of amides is 1. The van der Waals surface area contributed by atoms with Crippen LogP contribution >= 0.6 is 15.9 Å². The van der Waals surface area contributed by atoms with Gasteiger partial charge >= 0.3 is 11.9 Å². The summed E-state index contributed by atoms with van der Waals surface area (Å²) in [6.45, 7) is 5.01. The first-order valence-electron chi connectivity index (χ1n) is 10.8. The highest BCUT2D eigenvalue weighted by molar-refractivity contribution is 9.10. The number of benzene rings is 1. The molecule has 1 aromatic rings. The summed E-state index contributed by atoms with van der Waals surface area (Å²) >= 11 is 3.42. The molecule has 1 saturated carbocycles. The fourth-order valence-corrected chi connectivity index (χ4v) is 4.07. The fourth-order valence-electron chi connectivity index (χ4n) is 3.64. The zero-order valence-electron chi connectivity index (χ0n) is 18.5. The van der Waals surface area contributed by atoms with E-state index in [-0.39, 0.29) is 24.1 Å². The Morgan fingerprint density at radius 2 is 1.75 bits per heavy atom. The number of hydrogen-bond donors (Lipinski definition) is 1. The average molecular weight is 510 g/mol. The van der Waals surface area contributed by atoms with Crippen molar-refractivity contribution in [3.8, 4) is 11.5 Å². The number of carbonyl (C=O) groups excluding carboxylic acids is 3. The summed E-state index contributed by atoms with van der Waals surface area (Å²) in [5.74, 6) is -2.28. The first-order chi connectivity index (χ1) is 15.2. The summed E-state index contributed by atoms with van der Waals surface area (Å²) in [5, 5.41) is 3.01. The van der Waals surface area contributed by atoms with Gasteiger partial charge in [-0.2, -0.15) is 0 Å². The molecule has 1 heterocycles. The third-order valence-corrected chi connectivity index (χ3v) is 5.80. The van der Waals surface area contributed by atoms with Crippen LogP contribution in [0.5, 0.6) is 11.5 Å². The van der Waals surface area contributed by atoms with E-state index >= 15 is 0 Å². The Kier molecular flexibility index (Phi) is 7.82. The zero-order chi connectivity index (χ0) is 23.3. The molecule has 1 aromatic carbocycles. The van der Waals surface area contributed by atoms with Gasteiger partial charge in [-0.1, -0.05) is 35.2 Å². The van der Waals surface area contributed by atoms with Crippen molar-refractivity contribution in [1.29, 1.82) is 0 Å². The van der Waals surface area contributed by atoms with Gasteiger partial charge in [-0.25, -0.2) is 9.59 Å². The van der Waals surface area contributed by atoms with E-state index in [1.54, 1.807) is 12.1 Å². The van der Waals surface area contributed by atoms with E-state index in [0.29, 0.717) is 28.1 Å². The smallest absolute Gasteiger partial charge is 0.348 e. The second-order valence-electron chi connectivity index (χ2n) is 8.18. The standard InChI is InChI=1S/C23H28BrNO7/c1-4-29-18-11-14(10-16-21(27)31-23(2,3)32-22(16)28)17(24)12-19(18)30-13-20(26)25-15-8-6-5-7-9-15/h10-12,15H,4-9,13H2,1-3H3,(H,25,26). The predicted octanol–water partition coefficient (Wildman–Crippen LogP) is 3.90. The SMILES string of the molecule is CCOc1cc(C=C2C(=O)OC(C)(C)OC2=O)c(Br)cc1OCC(=O)NC1CCCCC1. The molecule has 1 saturated heterocycles. The van der Waals surface area contributed by atoms with E-state index < -0.39 is 17.7 Å². The van der Waals surface area contributed by atoms with Crippen molar-refractivity contribution in [2.45, 2.75) is 64.7 Å². The monoisotopic (exact) mass is 509 g/mol. The summed E-state index contributed by atoms with van der Waals surface area (Å²) in [7, 11) is 0. The van der Waals surface area contributed by atoms with Crippen LogP contribution < -0.4 is 14.8 Å². The van der Waals surface area contributed by atoms with Crippen molar-refractivity contribution in [1.82, 2.24) is 5.32 Å². The molecule has 2 fully saturated rings. The number of carbonyl (C=O) groups is 3. The van der Waals surface area contributed by atoms with Crippen LogP contribution in [-0.2, 0) is 23.9 Å². The summed E-state index contributed by atoms with van der Waals surface area (Å²) in [6, 6.07) is 3.45. The van der Waals surface area contributed by atoms with E-state index in [1.807, 2.05) is 6.92 Å². The van der Waals surface area contributed by atoms with Crippen LogP contribution in [-0.4, -0.2) is 42.9 Å². The summed E-state index contributed by atoms with van der Waals surface area (Å²) in [6.07, 6.45) is 6.82. The highest BCUT2D eigenvalue weighted by Gasteiger charge is 2.39. The minimum absolute atomic E-state index is 0.142. The largest absolute Gasteiger partial charge is 0.490 e. The second-order valence-corrected chi connectivity index (χ2v) is 9.04. The Morgan fingerprint density at radius 1 is 1.12 bits per heavy atom. The fraction of sp³-hybridized carbons (Fsp3) is 0.522. The molecule has 174 valence electrons. The second kappa shape index (κ2) is 10.4. The molecule has 0 unspecified atom stereocenters. The Morgan fingerprint density at radius 3 is 2.38 bits per heavy atom. The third-order valence-electron chi connectivity index (χ3n) is 5.11. The van der Waals surface area contributed by atoms with Gasteiger partial charge in [-0.15, -0.1) is 0 Å². The van der Waals surface area contributed by atoms with Crippen molar-refractivity contribution < 1.29 is 33.3 Å². The van der Waals surface area contributed by atoms with Crippen molar-refractivity contribution in [3.05, 3.63) is 27.7 Å². The van der Waals surface area contributed by atoms with Gasteiger partial charge in [-0.05, 0) is 43.5 Å². The van der Waals surface area contributed by atoms with Gasteiger partial charge in [0.1, 0.15) is 5.57 Å². The van der Waals surface area contributed by atoms with Gasteiger partial charge in [0.25, 0.3) is 11.7 Å². The summed E-state index contributed by atoms with van der Waals surface area (Å²) in [4.78, 5) is 36.8. The van der Waals surface area contributed by atoms with Gasteiger partial charge in [0.2, 0.25) is 0 Å². The molecule has 0 atom stereocenters. The van der Waals surface area contributed by atoms with Crippen LogP contribution in [0, 0.1) is 0 Å². The molecule has 1 amide bonds. The Labute approximate surface area is 195 Å².